The Balaban J connectivity index is 1.72. The number of unbranched alkanes of at least 4 members (excludes halogenated alkanes) is 13. The van der Waals surface area contributed by atoms with E-state index < -0.39 is 0 Å². The molecule has 204 valence electrons. The molecule has 0 aliphatic carbocycles. The van der Waals surface area contributed by atoms with Gasteiger partial charge >= 0.3 is 0 Å². The van der Waals surface area contributed by atoms with Crippen molar-refractivity contribution in [3.8, 4) is 0 Å². The molecule has 0 saturated carbocycles. The summed E-state index contributed by atoms with van der Waals surface area (Å²) in [5.74, 6) is 0.556. The van der Waals surface area contributed by atoms with Crippen molar-refractivity contribution < 1.29 is 4.79 Å². The first kappa shape index (κ1) is 30.8. The summed E-state index contributed by atoms with van der Waals surface area (Å²) in [6.45, 7) is 6.75. The lowest BCUT2D eigenvalue weighted by atomic mass is 9.92. The van der Waals surface area contributed by atoms with Crippen LogP contribution in [0.1, 0.15) is 164 Å². The SMILES string of the molecule is CCCCCCCCCCCCCCCC(=O)C(CCCC)c1ccc(C(CCC)n2ccnc2)s1. The Hall–Kier alpha value is -1.42. The van der Waals surface area contributed by atoms with Crippen LogP contribution in [-0.2, 0) is 4.79 Å². The molecule has 0 bridgehead atoms. The number of nitrogens with zero attached hydrogens (tertiary/aromatic N) is 2. The minimum atomic E-state index is 0.0890. The van der Waals surface area contributed by atoms with E-state index in [2.05, 4.69) is 48.7 Å². The van der Waals surface area contributed by atoms with Crippen molar-refractivity contribution in [1.29, 1.82) is 0 Å². The topological polar surface area (TPSA) is 34.9 Å². The first-order chi connectivity index (χ1) is 17.7. The van der Waals surface area contributed by atoms with Crippen LogP contribution >= 0.6 is 11.3 Å². The van der Waals surface area contributed by atoms with E-state index in [0.29, 0.717) is 11.8 Å². The highest BCUT2D eigenvalue weighted by atomic mass is 32.1. The van der Waals surface area contributed by atoms with Crippen molar-refractivity contribution in [2.45, 2.75) is 155 Å². The molecule has 2 atom stereocenters. The maximum absolute atomic E-state index is 13.3. The molecule has 3 nitrogen and oxygen atoms in total. The average molecular weight is 515 g/mol. The monoisotopic (exact) mass is 514 g/mol. The fourth-order valence-electron chi connectivity index (χ4n) is 5.26. The lowest BCUT2D eigenvalue weighted by Crippen LogP contribution is -2.11. The Bertz CT molecular complexity index is 782. The van der Waals surface area contributed by atoms with Gasteiger partial charge in [0.25, 0.3) is 0 Å². The maximum Gasteiger partial charge on any atom is 0.141 e. The number of hydrogen-bond donors (Lipinski definition) is 0. The lowest BCUT2D eigenvalue weighted by molar-refractivity contribution is -0.120. The fourth-order valence-corrected chi connectivity index (χ4v) is 6.57. The summed E-state index contributed by atoms with van der Waals surface area (Å²) < 4.78 is 2.22. The van der Waals surface area contributed by atoms with Crippen LogP contribution in [-0.4, -0.2) is 15.3 Å². The fraction of sp³-hybridized carbons (Fsp3) is 0.750. The lowest BCUT2D eigenvalue weighted by Gasteiger charge is -2.17. The van der Waals surface area contributed by atoms with Crippen LogP contribution in [0.5, 0.6) is 0 Å². The van der Waals surface area contributed by atoms with Crippen molar-refractivity contribution in [1.82, 2.24) is 9.55 Å². The van der Waals surface area contributed by atoms with Gasteiger partial charge < -0.3 is 4.57 Å². The quantitative estimate of drug-likeness (QED) is 0.138. The second kappa shape index (κ2) is 19.7. The van der Waals surface area contributed by atoms with E-state index in [-0.39, 0.29) is 5.92 Å². The Morgan fingerprint density at radius 3 is 1.89 bits per heavy atom. The maximum atomic E-state index is 13.3. The average Bonchev–Trinajstić information content (AvgIpc) is 3.59. The molecule has 0 spiro atoms. The van der Waals surface area contributed by atoms with E-state index in [1.54, 1.807) is 0 Å². The Morgan fingerprint density at radius 2 is 1.33 bits per heavy atom. The van der Waals surface area contributed by atoms with Gasteiger partial charge in [-0.3, -0.25) is 4.79 Å². The second-order valence-corrected chi connectivity index (χ2v) is 11.9. The molecule has 0 aliphatic rings. The summed E-state index contributed by atoms with van der Waals surface area (Å²) in [4.78, 5) is 20.2. The van der Waals surface area contributed by atoms with Gasteiger partial charge in [0.2, 0.25) is 0 Å². The van der Waals surface area contributed by atoms with Crippen molar-refractivity contribution >= 4 is 17.1 Å². The molecule has 0 N–H and O–H groups in total. The van der Waals surface area contributed by atoms with Crippen LogP contribution in [0, 0.1) is 0 Å². The van der Waals surface area contributed by atoms with Crippen LogP contribution in [0.15, 0.2) is 30.9 Å². The number of aromatic nitrogens is 2. The first-order valence-electron chi connectivity index (χ1n) is 15.3. The molecule has 0 radical (unpaired) electrons. The Kier molecular flexibility index (Phi) is 16.8. The van der Waals surface area contributed by atoms with Gasteiger partial charge in [-0.1, -0.05) is 117 Å². The number of imidazole rings is 1. The van der Waals surface area contributed by atoms with Crippen LogP contribution in [0.3, 0.4) is 0 Å². The predicted molar refractivity (Wildman–Crippen MR) is 157 cm³/mol. The van der Waals surface area contributed by atoms with Crippen molar-refractivity contribution in [3.63, 3.8) is 0 Å². The number of carbonyl (C=O) groups is 1. The molecule has 0 aromatic carbocycles. The molecule has 36 heavy (non-hydrogen) atoms. The zero-order valence-corrected chi connectivity index (χ0v) is 24.5. The molecule has 2 aromatic rings. The number of carbonyl (C=O) groups excluding carboxylic acids is 1. The first-order valence-corrected chi connectivity index (χ1v) is 16.1. The van der Waals surface area contributed by atoms with E-state index >= 15 is 0 Å². The van der Waals surface area contributed by atoms with Crippen molar-refractivity contribution in [2.24, 2.45) is 0 Å². The van der Waals surface area contributed by atoms with Crippen LogP contribution < -0.4 is 0 Å². The minimum absolute atomic E-state index is 0.0890. The number of hydrogen-bond acceptors (Lipinski definition) is 3. The summed E-state index contributed by atoms with van der Waals surface area (Å²) in [7, 11) is 0. The number of ketones is 1. The molecule has 0 aliphatic heterocycles. The summed E-state index contributed by atoms with van der Waals surface area (Å²) in [5.41, 5.74) is 0. The largest absolute Gasteiger partial charge is 0.329 e. The summed E-state index contributed by atoms with van der Waals surface area (Å²) in [5, 5.41) is 0. The molecule has 2 rings (SSSR count). The van der Waals surface area contributed by atoms with E-state index in [0.717, 1.165) is 44.9 Å². The van der Waals surface area contributed by atoms with E-state index in [1.807, 2.05) is 23.9 Å². The van der Waals surface area contributed by atoms with Gasteiger partial charge in [-0.05, 0) is 31.4 Å². The van der Waals surface area contributed by atoms with Gasteiger partial charge in [-0.25, -0.2) is 4.98 Å². The highest BCUT2D eigenvalue weighted by Crippen LogP contribution is 2.36. The predicted octanol–water partition coefficient (Wildman–Crippen LogP) is 10.7. The molecule has 2 aromatic heterocycles. The third kappa shape index (κ3) is 11.8. The standard InChI is InChI=1S/C32H54N2OS/c1-4-7-9-10-11-12-13-14-15-16-17-18-19-22-30(35)28(21-8-5-2)31-23-24-32(36-31)29(20-6-3)34-26-25-33-27-34/h23-29H,4-22H2,1-3H3. The van der Waals surface area contributed by atoms with E-state index in [9.17, 15) is 4.79 Å². The molecular weight excluding hydrogens is 460 g/mol. The van der Waals surface area contributed by atoms with E-state index in [1.165, 1.54) is 86.8 Å². The molecule has 4 heteroatoms. The highest BCUT2D eigenvalue weighted by Gasteiger charge is 2.23. The molecule has 2 unspecified atom stereocenters. The van der Waals surface area contributed by atoms with Gasteiger partial charge in [0.05, 0.1) is 18.3 Å². The molecule has 0 saturated heterocycles. The smallest absolute Gasteiger partial charge is 0.141 e. The van der Waals surface area contributed by atoms with Gasteiger partial charge in [0.1, 0.15) is 5.78 Å². The van der Waals surface area contributed by atoms with Crippen LogP contribution in [0.25, 0.3) is 0 Å². The van der Waals surface area contributed by atoms with Crippen molar-refractivity contribution in [2.75, 3.05) is 0 Å². The van der Waals surface area contributed by atoms with Gasteiger partial charge in [-0.15, -0.1) is 11.3 Å². The Morgan fingerprint density at radius 1 is 0.750 bits per heavy atom. The molecule has 2 heterocycles. The van der Waals surface area contributed by atoms with Crippen molar-refractivity contribution in [3.05, 3.63) is 40.6 Å². The third-order valence-electron chi connectivity index (χ3n) is 7.53. The summed E-state index contributed by atoms with van der Waals surface area (Å²) >= 11 is 1.86. The zero-order valence-electron chi connectivity index (χ0n) is 23.7. The highest BCUT2D eigenvalue weighted by molar-refractivity contribution is 7.12. The van der Waals surface area contributed by atoms with Crippen LogP contribution in [0.4, 0.5) is 0 Å². The normalized spacial score (nSPS) is 13.2. The Labute approximate surface area is 226 Å². The summed E-state index contributed by atoms with van der Waals surface area (Å²) in [6.07, 6.45) is 29.6. The molecule has 0 amide bonds. The third-order valence-corrected chi connectivity index (χ3v) is 8.83. The molecular formula is C32H54N2OS. The van der Waals surface area contributed by atoms with Gasteiger partial charge in [0, 0.05) is 28.6 Å². The number of Topliss-reactive ketones (excluding diaryl/α,β-unsaturated/α-hetero) is 1. The van der Waals surface area contributed by atoms with Crippen LogP contribution in [0.2, 0.25) is 0 Å². The van der Waals surface area contributed by atoms with Gasteiger partial charge in [-0.2, -0.15) is 0 Å². The molecule has 0 fully saturated rings. The number of rotatable bonds is 23. The number of thiophene rings is 1. The van der Waals surface area contributed by atoms with Gasteiger partial charge in [0.15, 0.2) is 0 Å². The van der Waals surface area contributed by atoms with E-state index in [4.69, 9.17) is 0 Å². The zero-order chi connectivity index (χ0) is 25.8. The minimum Gasteiger partial charge on any atom is -0.329 e. The second-order valence-electron chi connectivity index (χ2n) is 10.7. The summed E-state index contributed by atoms with van der Waals surface area (Å²) in [6, 6.07) is 4.83.